The van der Waals surface area contributed by atoms with Gasteiger partial charge in [-0.3, -0.25) is 4.79 Å². The van der Waals surface area contributed by atoms with Crippen molar-refractivity contribution in [1.29, 1.82) is 0 Å². The molecule has 0 aliphatic carbocycles. The van der Waals surface area contributed by atoms with Gasteiger partial charge in [0.15, 0.2) is 5.78 Å². The molecule has 0 saturated carbocycles. The molecule has 0 N–H and O–H groups in total. The quantitative estimate of drug-likeness (QED) is 0.692. The molecule has 0 unspecified atom stereocenters. The smallest absolute Gasteiger partial charge is 0.192 e. The average Bonchev–Trinajstić information content (AvgIpc) is 2.34. The molecule has 16 heavy (non-hydrogen) atoms. The first-order valence-electron chi connectivity index (χ1n) is 5.05. The van der Waals surface area contributed by atoms with Crippen LogP contribution in [0.5, 0.6) is 11.5 Å². The SMILES string of the molecule is CCOCC(=O)c1ccc(OC)cc1OC. The van der Waals surface area contributed by atoms with E-state index in [0.717, 1.165) is 0 Å². The Kier molecular flexibility index (Phi) is 4.79. The molecule has 0 fully saturated rings. The maximum absolute atomic E-state index is 11.7. The molecule has 88 valence electrons. The minimum atomic E-state index is -0.0960. The second kappa shape index (κ2) is 6.12. The van der Waals surface area contributed by atoms with E-state index in [9.17, 15) is 4.79 Å². The van der Waals surface area contributed by atoms with Gasteiger partial charge in [-0.25, -0.2) is 0 Å². The summed E-state index contributed by atoms with van der Waals surface area (Å²) in [6.07, 6.45) is 0. The maximum atomic E-state index is 11.7. The van der Waals surface area contributed by atoms with E-state index in [1.165, 1.54) is 7.11 Å². The molecular weight excluding hydrogens is 208 g/mol. The molecule has 1 rings (SSSR count). The number of hydrogen-bond donors (Lipinski definition) is 0. The normalized spacial score (nSPS) is 9.94. The zero-order chi connectivity index (χ0) is 12.0. The minimum absolute atomic E-state index is 0.0686. The van der Waals surface area contributed by atoms with Crippen LogP contribution in [-0.2, 0) is 4.74 Å². The lowest BCUT2D eigenvalue weighted by Crippen LogP contribution is -2.10. The largest absolute Gasteiger partial charge is 0.497 e. The molecule has 0 radical (unpaired) electrons. The van der Waals surface area contributed by atoms with E-state index in [-0.39, 0.29) is 12.4 Å². The van der Waals surface area contributed by atoms with Crippen molar-refractivity contribution in [3.63, 3.8) is 0 Å². The van der Waals surface area contributed by atoms with Crippen LogP contribution in [0.1, 0.15) is 17.3 Å². The molecule has 1 aromatic carbocycles. The highest BCUT2D eigenvalue weighted by atomic mass is 16.5. The van der Waals surface area contributed by atoms with Crippen LogP contribution in [0.4, 0.5) is 0 Å². The van der Waals surface area contributed by atoms with E-state index < -0.39 is 0 Å². The number of rotatable bonds is 6. The summed E-state index contributed by atoms with van der Waals surface area (Å²) in [5.74, 6) is 1.07. The van der Waals surface area contributed by atoms with Gasteiger partial charge in [-0.1, -0.05) is 0 Å². The molecule has 1 aromatic rings. The third kappa shape index (κ3) is 2.97. The van der Waals surface area contributed by atoms with Crippen molar-refractivity contribution in [3.05, 3.63) is 23.8 Å². The molecule has 0 spiro atoms. The van der Waals surface area contributed by atoms with Gasteiger partial charge < -0.3 is 14.2 Å². The summed E-state index contributed by atoms with van der Waals surface area (Å²) in [5.41, 5.74) is 0.511. The van der Waals surface area contributed by atoms with Gasteiger partial charge in [0.1, 0.15) is 18.1 Å². The van der Waals surface area contributed by atoms with Crippen LogP contribution in [0.25, 0.3) is 0 Å². The van der Waals surface area contributed by atoms with Crippen LogP contribution in [0, 0.1) is 0 Å². The number of hydrogen-bond acceptors (Lipinski definition) is 4. The van der Waals surface area contributed by atoms with Gasteiger partial charge >= 0.3 is 0 Å². The van der Waals surface area contributed by atoms with Crippen LogP contribution in [0.15, 0.2) is 18.2 Å². The molecule has 0 atom stereocenters. The van der Waals surface area contributed by atoms with Crippen LogP contribution in [-0.4, -0.2) is 33.2 Å². The molecule has 0 aliphatic rings. The van der Waals surface area contributed by atoms with E-state index in [4.69, 9.17) is 14.2 Å². The Bertz CT molecular complexity index is 360. The van der Waals surface area contributed by atoms with Gasteiger partial charge in [-0.2, -0.15) is 0 Å². The fourth-order valence-electron chi connectivity index (χ4n) is 1.30. The van der Waals surface area contributed by atoms with E-state index in [1.54, 1.807) is 25.3 Å². The third-order valence-electron chi connectivity index (χ3n) is 2.15. The molecule has 0 aliphatic heterocycles. The number of carbonyl (C=O) groups is 1. The predicted molar refractivity (Wildman–Crippen MR) is 60.4 cm³/mol. The van der Waals surface area contributed by atoms with Crippen molar-refractivity contribution in [2.45, 2.75) is 6.92 Å². The van der Waals surface area contributed by atoms with Gasteiger partial charge in [0.05, 0.1) is 19.8 Å². The third-order valence-corrected chi connectivity index (χ3v) is 2.15. The van der Waals surface area contributed by atoms with Crippen molar-refractivity contribution in [3.8, 4) is 11.5 Å². The highest BCUT2D eigenvalue weighted by Crippen LogP contribution is 2.24. The van der Waals surface area contributed by atoms with Gasteiger partial charge in [-0.15, -0.1) is 0 Å². The zero-order valence-corrected chi connectivity index (χ0v) is 9.78. The van der Waals surface area contributed by atoms with Gasteiger partial charge in [-0.05, 0) is 19.1 Å². The summed E-state index contributed by atoms with van der Waals surface area (Å²) in [6, 6.07) is 5.08. The van der Waals surface area contributed by atoms with Gasteiger partial charge in [0.25, 0.3) is 0 Å². The fraction of sp³-hybridized carbons (Fsp3) is 0.417. The summed E-state index contributed by atoms with van der Waals surface area (Å²) in [6.45, 7) is 2.43. The molecule has 0 saturated heterocycles. The molecule has 4 nitrogen and oxygen atoms in total. The van der Waals surface area contributed by atoms with Crippen molar-refractivity contribution in [2.75, 3.05) is 27.4 Å². The van der Waals surface area contributed by atoms with Crippen molar-refractivity contribution in [1.82, 2.24) is 0 Å². The highest BCUT2D eigenvalue weighted by molar-refractivity contribution is 5.99. The highest BCUT2D eigenvalue weighted by Gasteiger charge is 2.12. The Morgan fingerprint density at radius 3 is 2.56 bits per heavy atom. The number of benzene rings is 1. The van der Waals surface area contributed by atoms with Gasteiger partial charge in [0, 0.05) is 12.7 Å². The van der Waals surface area contributed by atoms with Crippen molar-refractivity contribution < 1.29 is 19.0 Å². The first kappa shape index (κ1) is 12.5. The molecule has 0 bridgehead atoms. The minimum Gasteiger partial charge on any atom is -0.497 e. The molecule has 0 aromatic heterocycles. The van der Waals surface area contributed by atoms with Crippen molar-refractivity contribution in [2.24, 2.45) is 0 Å². The Hall–Kier alpha value is -1.55. The number of methoxy groups -OCH3 is 2. The summed E-state index contributed by atoms with van der Waals surface area (Å²) in [5, 5.41) is 0. The summed E-state index contributed by atoms with van der Waals surface area (Å²) in [7, 11) is 3.09. The maximum Gasteiger partial charge on any atom is 0.192 e. The van der Waals surface area contributed by atoms with Crippen LogP contribution < -0.4 is 9.47 Å². The Labute approximate surface area is 95.1 Å². The Morgan fingerprint density at radius 1 is 1.25 bits per heavy atom. The summed E-state index contributed by atoms with van der Waals surface area (Å²) < 4.78 is 15.3. The Balaban J connectivity index is 2.90. The first-order valence-corrected chi connectivity index (χ1v) is 5.05. The lowest BCUT2D eigenvalue weighted by Gasteiger charge is -2.09. The fourth-order valence-corrected chi connectivity index (χ4v) is 1.30. The standard InChI is InChI=1S/C12H16O4/c1-4-16-8-11(13)10-6-5-9(14-2)7-12(10)15-3/h5-7H,4,8H2,1-3H3. The zero-order valence-electron chi connectivity index (χ0n) is 9.78. The van der Waals surface area contributed by atoms with Crippen LogP contribution >= 0.6 is 0 Å². The average molecular weight is 224 g/mol. The van der Waals surface area contributed by atoms with Crippen LogP contribution in [0.3, 0.4) is 0 Å². The summed E-state index contributed by atoms with van der Waals surface area (Å²) >= 11 is 0. The molecular formula is C12H16O4. The van der Waals surface area contributed by atoms with Gasteiger partial charge in [0.2, 0.25) is 0 Å². The van der Waals surface area contributed by atoms with E-state index in [0.29, 0.717) is 23.7 Å². The molecule has 4 heteroatoms. The number of carbonyl (C=O) groups excluding carboxylic acids is 1. The van der Waals surface area contributed by atoms with E-state index in [2.05, 4.69) is 0 Å². The lowest BCUT2D eigenvalue weighted by atomic mass is 10.1. The molecule has 0 amide bonds. The van der Waals surface area contributed by atoms with Crippen molar-refractivity contribution >= 4 is 5.78 Å². The Morgan fingerprint density at radius 2 is 2.00 bits per heavy atom. The predicted octanol–water partition coefficient (Wildman–Crippen LogP) is 1.92. The second-order valence-electron chi connectivity index (χ2n) is 3.13. The topological polar surface area (TPSA) is 44.8 Å². The lowest BCUT2D eigenvalue weighted by molar-refractivity contribution is 0.0780. The number of ketones is 1. The molecule has 0 heterocycles. The van der Waals surface area contributed by atoms with Crippen LogP contribution in [0.2, 0.25) is 0 Å². The number of ether oxygens (including phenoxy) is 3. The first-order chi connectivity index (χ1) is 7.72. The summed E-state index contributed by atoms with van der Waals surface area (Å²) in [4.78, 5) is 11.7. The monoisotopic (exact) mass is 224 g/mol. The number of Topliss-reactive ketones (excluding diaryl/α,β-unsaturated/α-hetero) is 1. The second-order valence-corrected chi connectivity index (χ2v) is 3.13. The van der Waals surface area contributed by atoms with E-state index in [1.807, 2.05) is 6.92 Å². The van der Waals surface area contributed by atoms with E-state index >= 15 is 0 Å².